The average molecular weight is 643 g/mol. The van der Waals surface area contributed by atoms with Crippen molar-refractivity contribution in [2.24, 2.45) is 0 Å². The number of furan rings is 1. The van der Waals surface area contributed by atoms with Gasteiger partial charge >= 0.3 is 0 Å². The molecule has 0 fully saturated rings. The van der Waals surface area contributed by atoms with Gasteiger partial charge in [-0.3, -0.25) is 0 Å². The minimum absolute atomic E-state index is 0.0587. The third-order valence-corrected chi connectivity index (χ3v) is 9.77. The van der Waals surface area contributed by atoms with Gasteiger partial charge in [-0.15, -0.1) is 0 Å². The number of rotatable bonds is 2. The number of benzene rings is 6. The molecule has 1 unspecified atom stereocenters. The zero-order valence-electron chi connectivity index (χ0n) is 27.1. The lowest BCUT2D eigenvalue weighted by molar-refractivity contribution is 0.668. The van der Waals surface area contributed by atoms with Gasteiger partial charge in [0.25, 0.3) is 0 Å². The van der Waals surface area contributed by atoms with Crippen LogP contribution in [0.15, 0.2) is 168 Å². The molecule has 1 aliphatic carbocycles. The monoisotopic (exact) mass is 642 g/mol. The topological polar surface area (TPSA) is 55.1 Å². The van der Waals surface area contributed by atoms with Crippen molar-refractivity contribution >= 4 is 38.9 Å². The Labute approximate surface area is 289 Å². The second-order valence-corrected chi connectivity index (χ2v) is 12.9. The second-order valence-electron chi connectivity index (χ2n) is 12.9. The molecule has 1 atom stereocenters. The van der Waals surface area contributed by atoms with Crippen LogP contribution in [0.4, 0.5) is 11.4 Å². The van der Waals surface area contributed by atoms with Crippen LogP contribution in [0, 0.1) is 0 Å². The van der Waals surface area contributed by atoms with Gasteiger partial charge in [-0.1, -0.05) is 115 Å². The lowest BCUT2D eigenvalue weighted by atomic mass is 9.91. The molecule has 236 valence electrons. The largest absolute Gasteiger partial charge is 0.456 e. The van der Waals surface area contributed by atoms with Crippen molar-refractivity contribution in [2.45, 2.75) is 12.5 Å². The molecule has 8 aromatic rings. The summed E-state index contributed by atoms with van der Waals surface area (Å²) in [6.07, 6.45) is 7.54. The number of hydrogen-bond acceptors (Lipinski definition) is 5. The number of anilines is 2. The zero-order chi connectivity index (χ0) is 33.0. The van der Waals surface area contributed by atoms with E-state index in [2.05, 4.69) is 126 Å². The molecule has 6 aromatic carbocycles. The van der Waals surface area contributed by atoms with E-state index < -0.39 is 0 Å². The van der Waals surface area contributed by atoms with Crippen molar-refractivity contribution in [1.29, 1.82) is 0 Å². The lowest BCUT2D eigenvalue weighted by Gasteiger charge is -2.34. The Morgan fingerprint density at radius 1 is 0.480 bits per heavy atom. The highest BCUT2D eigenvalue weighted by Gasteiger charge is 2.25. The van der Waals surface area contributed by atoms with E-state index in [0.717, 1.165) is 73.1 Å². The number of aromatic nitrogens is 3. The summed E-state index contributed by atoms with van der Waals surface area (Å²) in [5.41, 5.74) is 11.4. The van der Waals surface area contributed by atoms with E-state index in [9.17, 15) is 0 Å². The van der Waals surface area contributed by atoms with E-state index in [1.165, 1.54) is 5.57 Å². The molecule has 2 aliphatic rings. The fourth-order valence-electron chi connectivity index (χ4n) is 7.33. The van der Waals surface area contributed by atoms with Gasteiger partial charge in [-0.05, 0) is 71.1 Å². The third-order valence-electron chi connectivity index (χ3n) is 9.77. The van der Waals surface area contributed by atoms with Crippen molar-refractivity contribution in [3.05, 3.63) is 169 Å². The molecule has 2 aromatic heterocycles. The van der Waals surface area contributed by atoms with Crippen LogP contribution in [-0.4, -0.2) is 21.0 Å². The molecular formula is C45H30N4O. The van der Waals surface area contributed by atoms with E-state index in [4.69, 9.17) is 19.4 Å². The fourth-order valence-corrected chi connectivity index (χ4v) is 7.33. The molecule has 1 aliphatic heterocycles. The first-order valence-corrected chi connectivity index (χ1v) is 16.9. The molecule has 0 N–H and O–H groups in total. The number of allylic oxidation sites excluding steroid dienone is 2. The molecule has 0 radical (unpaired) electrons. The van der Waals surface area contributed by atoms with Gasteiger partial charge in [0.1, 0.15) is 11.2 Å². The summed E-state index contributed by atoms with van der Waals surface area (Å²) in [5.74, 6) is 1.95. The van der Waals surface area contributed by atoms with Gasteiger partial charge in [0.2, 0.25) is 0 Å². The van der Waals surface area contributed by atoms with E-state index in [1.807, 2.05) is 42.5 Å². The molecule has 50 heavy (non-hydrogen) atoms. The first-order chi connectivity index (χ1) is 24.7. The highest BCUT2D eigenvalue weighted by Crippen LogP contribution is 2.40. The number of fused-ring (bicyclic) bond motifs is 17. The van der Waals surface area contributed by atoms with Crippen molar-refractivity contribution in [2.75, 3.05) is 4.90 Å². The van der Waals surface area contributed by atoms with Crippen LogP contribution in [0.25, 0.3) is 72.8 Å². The Kier molecular flexibility index (Phi) is 6.56. The Morgan fingerprint density at radius 3 is 1.90 bits per heavy atom. The normalized spacial score (nSPS) is 14.9. The summed E-state index contributed by atoms with van der Waals surface area (Å²) >= 11 is 0. The molecule has 3 heterocycles. The van der Waals surface area contributed by atoms with E-state index in [-0.39, 0.29) is 6.04 Å². The van der Waals surface area contributed by atoms with Crippen LogP contribution in [0.3, 0.4) is 0 Å². The number of para-hydroxylation sites is 1. The van der Waals surface area contributed by atoms with Gasteiger partial charge in [-0.2, -0.15) is 0 Å². The van der Waals surface area contributed by atoms with Crippen LogP contribution < -0.4 is 4.90 Å². The quantitative estimate of drug-likeness (QED) is 0.188. The van der Waals surface area contributed by atoms with Crippen molar-refractivity contribution in [3.63, 3.8) is 0 Å². The van der Waals surface area contributed by atoms with Gasteiger partial charge in [0.15, 0.2) is 17.5 Å². The molecular weight excluding hydrogens is 613 g/mol. The van der Waals surface area contributed by atoms with E-state index >= 15 is 0 Å². The summed E-state index contributed by atoms with van der Waals surface area (Å²) in [4.78, 5) is 17.5. The average Bonchev–Trinajstić information content (AvgIpc) is 3.56. The SMILES string of the molecule is C1=CC2CC(=C1)c1cccc(c1)-c1nc(-c3ccccc3)nc(n1)-c1cccc(c1)-c1cccc(c1)N2c1ccc2c(c1)oc1ccccc12. The minimum atomic E-state index is 0.0587. The fraction of sp³-hybridized carbons (Fsp3) is 0.0444. The summed E-state index contributed by atoms with van der Waals surface area (Å²) in [5, 5.41) is 2.25. The van der Waals surface area contributed by atoms with Crippen LogP contribution in [0.2, 0.25) is 0 Å². The van der Waals surface area contributed by atoms with Crippen molar-refractivity contribution in [3.8, 4) is 45.3 Å². The Morgan fingerprint density at radius 2 is 1.08 bits per heavy atom. The van der Waals surface area contributed by atoms with E-state index in [0.29, 0.717) is 17.5 Å². The predicted molar refractivity (Wildman–Crippen MR) is 203 cm³/mol. The Bertz CT molecular complexity index is 2650. The molecule has 5 heteroatoms. The summed E-state index contributed by atoms with van der Waals surface area (Å²) in [7, 11) is 0. The van der Waals surface area contributed by atoms with Gasteiger partial charge in [-0.25, -0.2) is 15.0 Å². The summed E-state index contributed by atoms with van der Waals surface area (Å²) in [6.45, 7) is 0. The molecule has 0 amide bonds. The molecule has 0 saturated carbocycles. The molecule has 0 saturated heterocycles. The standard InChI is InChI=1S/C45H30N4O/c1-2-10-29(11-3-1)43-46-44-34-16-6-12-30(24-34)32-14-8-18-36(26-32)49(38-22-23-40-39-20-4-5-21-41(39)50-42(40)28-38)37-19-9-15-33(27-37)31-13-7-17-35(25-31)45(47-43)48-44/h1-26,28,37H,27H2. The van der Waals surface area contributed by atoms with E-state index in [1.54, 1.807) is 0 Å². The van der Waals surface area contributed by atoms with Gasteiger partial charge in [0, 0.05) is 44.9 Å². The predicted octanol–water partition coefficient (Wildman–Crippen LogP) is 11.3. The zero-order valence-corrected chi connectivity index (χ0v) is 27.1. The highest BCUT2D eigenvalue weighted by molar-refractivity contribution is 6.06. The lowest BCUT2D eigenvalue weighted by Crippen LogP contribution is -2.30. The maximum Gasteiger partial charge on any atom is 0.164 e. The van der Waals surface area contributed by atoms with Crippen LogP contribution in [0.5, 0.6) is 0 Å². The molecule has 10 bridgehead atoms. The number of hydrogen-bond donors (Lipinski definition) is 0. The van der Waals surface area contributed by atoms with Gasteiger partial charge in [0.05, 0.1) is 6.04 Å². The smallest absolute Gasteiger partial charge is 0.164 e. The van der Waals surface area contributed by atoms with Crippen molar-refractivity contribution < 1.29 is 4.42 Å². The Hall–Kier alpha value is -6.59. The first kappa shape index (κ1) is 28.4. The third kappa shape index (κ3) is 4.91. The maximum atomic E-state index is 6.38. The minimum Gasteiger partial charge on any atom is -0.456 e. The summed E-state index contributed by atoms with van der Waals surface area (Å²) in [6, 6.07) is 50.9. The molecule has 10 rings (SSSR count). The second kappa shape index (κ2) is 11.5. The number of nitrogens with zero attached hydrogens (tertiary/aromatic N) is 4. The van der Waals surface area contributed by atoms with Gasteiger partial charge < -0.3 is 9.32 Å². The van der Waals surface area contributed by atoms with Crippen LogP contribution in [0.1, 0.15) is 12.0 Å². The molecule has 0 spiro atoms. The summed E-state index contributed by atoms with van der Waals surface area (Å²) < 4.78 is 6.38. The van der Waals surface area contributed by atoms with Crippen molar-refractivity contribution in [1.82, 2.24) is 15.0 Å². The highest BCUT2D eigenvalue weighted by atomic mass is 16.3. The maximum absolute atomic E-state index is 6.38. The van der Waals surface area contributed by atoms with Crippen LogP contribution in [-0.2, 0) is 0 Å². The Balaban J connectivity index is 1.19. The van der Waals surface area contributed by atoms with Crippen LogP contribution >= 0.6 is 0 Å². The first-order valence-electron chi connectivity index (χ1n) is 16.9. The molecule has 5 nitrogen and oxygen atoms in total.